The molecule has 29 heavy (non-hydrogen) atoms. The van der Waals surface area contributed by atoms with E-state index in [0.717, 1.165) is 11.1 Å². The Morgan fingerprint density at radius 2 is 1.72 bits per heavy atom. The van der Waals surface area contributed by atoms with E-state index in [0.29, 0.717) is 21.5 Å². The van der Waals surface area contributed by atoms with Gasteiger partial charge in [-0.1, -0.05) is 53.3 Å². The van der Waals surface area contributed by atoms with Crippen LogP contribution in [0.15, 0.2) is 48.5 Å². The summed E-state index contributed by atoms with van der Waals surface area (Å²) in [6, 6.07) is 14.7. The van der Waals surface area contributed by atoms with Gasteiger partial charge in [-0.15, -0.1) is 10.2 Å². The molecule has 2 N–H and O–H groups in total. The van der Waals surface area contributed by atoms with Gasteiger partial charge >= 0.3 is 0 Å². The first-order valence-electron chi connectivity index (χ1n) is 8.97. The van der Waals surface area contributed by atoms with Gasteiger partial charge in [-0.05, 0) is 32.9 Å². The second-order valence-electron chi connectivity index (χ2n) is 7.01. The Morgan fingerprint density at radius 1 is 1.03 bits per heavy atom. The quantitative estimate of drug-likeness (QED) is 0.647. The Hall–Kier alpha value is -3.26. The lowest BCUT2D eigenvalue weighted by molar-refractivity contribution is -0.120. The highest BCUT2D eigenvalue weighted by molar-refractivity contribution is 7.18. The van der Waals surface area contributed by atoms with Gasteiger partial charge in [-0.3, -0.25) is 14.9 Å². The molecule has 0 spiro atoms. The van der Waals surface area contributed by atoms with E-state index in [2.05, 4.69) is 20.8 Å². The molecule has 1 heterocycles. The number of para-hydroxylation sites is 1. The predicted molar refractivity (Wildman–Crippen MR) is 113 cm³/mol. The third-order valence-corrected chi connectivity index (χ3v) is 5.18. The van der Waals surface area contributed by atoms with E-state index in [1.807, 2.05) is 31.2 Å². The van der Waals surface area contributed by atoms with Crippen molar-refractivity contribution in [2.24, 2.45) is 0 Å². The Balaban J connectivity index is 1.69. The number of hydrogen-bond acceptors (Lipinski definition) is 6. The summed E-state index contributed by atoms with van der Waals surface area (Å²) < 4.78 is 5.21. The van der Waals surface area contributed by atoms with Crippen molar-refractivity contribution in [1.29, 1.82) is 0 Å². The number of aromatic nitrogens is 2. The molecule has 0 aliphatic rings. The summed E-state index contributed by atoms with van der Waals surface area (Å²) in [5.74, 6) is -0.361. The van der Waals surface area contributed by atoms with Crippen molar-refractivity contribution >= 4 is 28.3 Å². The summed E-state index contributed by atoms with van der Waals surface area (Å²) in [7, 11) is 1.49. The second-order valence-corrected chi connectivity index (χ2v) is 7.99. The lowest BCUT2D eigenvalue weighted by Gasteiger charge is -2.24. The molecule has 0 fully saturated rings. The molecule has 0 aliphatic heterocycles. The van der Waals surface area contributed by atoms with Crippen LogP contribution >= 0.6 is 11.3 Å². The average Bonchev–Trinajstić information content (AvgIpc) is 3.16. The molecule has 2 amide bonds. The Labute approximate surface area is 173 Å². The van der Waals surface area contributed by atoms with E-state index in [1.165, 1.54) is 18.4 Å². The second kappa shape index (κ2) is 8.40. The molecule has 150 valence electrons. The highest BCUT2D eigenvalue weighted by Gasteiger charge is 2.31. The maximum atomic E-state index is 12.7. The number of nitrogens with zero attached hydrogens (tertiary/aromatic N) is 2. The van der Waals surface area contributed by atoms with Gasteiger partial charge in [-0.25, -0.2) is 0 Å². The molecule has 0 aliphatic carbocycles. The van der Waals surface area contributed by atoms with Crippen molar-refractivity contribution in [1.82, 2.24) is 15.5 Å². The van der Waals surface area contributed by atoms with Gasteiger partial charge in [0.15, 0.2) is 0 Å². The number of aryl methyl sites for hydroxylation is 1. The van der Waals surface area contributed by atoms with Gasteiger partial charge in [0.2, 0.25) is 5.13 Å². The van der Waals surface area contributed by atoms with Crippen molar-refractivity contribution in [3.63, 3.8) is 0 Å². The standard InChI is InChI=1S/C21H22N4O3S/c1-13-9-11-14(12-10-13)18-24-25-20(29-18)22-19(27)21(2,3)23-17(26)15-7-5-6-8-16(15)28-4/h5-12H,1-4H3,(H,23,26)(H,22,25,27). The summed E-state index contributed by atoms with van der Waals surface area (Å²) in [5.41, 5.74) is 1.26. The molecule has 0 saturated carbocycles. The lowest BCUT2D eigenvalue weighted by atomic mass is 10.0. The van der Waals surface area contributed by atoms with E-state index in [-0.39, 0.29) is 0 Å². The van der Waals surface area contributed by atoms with Crippen molar-refractivity contribution < 1.29 is 14.3 Å². The van der Waals surface area contributed by atoms with Crippen molar-refractivity contribution in [2.75, 3.05) is 12.4 Å². The van der Waals surface area contributed by atoms with E-state index >= 15 is 0 Å². The topological polar surface area (TPSA) is 93.2 Å². The maximum Gasteiger partial charge on any atom is 0.255 e. The fourth-order valence-corrected chi connectivity index (χ4v) is 3.32. The van der Waals surface area contributed by atoms with Gasteiger partial charge in [0.1, 0.15) is 16.3 Å². The molecule has 0 atom stereocenters. The number of amides is 2. The minimum Gasteiger partial charge on any atom is -0.496 e. The summed E-state index contributed by atoms with van der Waals surface area (Å²) in [6.45, 7) is 5.26. The number of carbonyl (C=O) groups excluding carboxylic acids is 2. The molecule has 1 aromatic heterocycles. The SMILES string of the molecule is COc1ccccc1C(=O)NC(C)(C)C(=O)Nc1nnc(-c2ccc(C)cc2)s1. The first-order chi connectivity index (χ1) is 13.8. The molecule has 3 aromatic rings. The van der Waals surface area contributed by atoms with Gasteiger partial charge in [0, 0.05) is 5.56 Å². The van der Waals surface area contributed by atoms with Crippen LogP contribution in [0.3, 0.4) is 0 Å². The van der Waals surface area contributed by atoms with Crippen molar-refractivity contribution in [3.8, 4) is 16.3 Å². The minimum atomic E-state index is -1.17. The zero-order chi connectivity index (χ0) is 21.0. The van der Waals surface area contributed by atoms with Crippen LogP contribution in [0.2, 0.25) is 0 Å². The number of nitrogens with one attached hydrogen (secondary N) is 2. The largest absolute Gasteiger partial charge is 0.496 e. The average molecular weight is 410 g/mol. The van der Waals surface area contributed by atoms with Crippen LogP contribution < -0.4 is 15.4 Å². The van der Waals surface area contributed by atoms with Crippen molar-refractivity contribution in [3.05, 3.63) is 59.7 Å². The van der Waals surface area contributed by atoms with E-state index in [4.69, 9.17) is 4.74 Å². The molecule has 2 aromatic carbocycles. The van der Waals surface area contributed by atoms with Crippen LogP contribution in [-0.2, 0) is 4.79 Å². The number of ether oxygens (including phenoxy) is 1. The Bertz CT molecular complexity index is 1030. The van der Waals surface area contributed by atoms with Crippen LogP contribution in [0.4, 0.5) is 5.13 Å². The summed E-state index contributed by atoms with van der Waals surface area (Å²) in [5, 5.41) is 14.7. The van der Waals surface area contributed by atoms with Gasteiger partial charge in [0.25, 0.3) is 11.8 Å². The number of benzene rings is 2. The number of carbonyl (C=O) groups is 2. The molecule has 8 heteroatoms. The van der Waals surface area contributed by atoms with Gasteiger partial charge in [0.05, 0.1) is 12.7 Å². The summed E-state index contributed by atoms with van der Waals surface area (Å²) >= 11 is 1.27. The van der Waals surface area contributed by atoms with Crippen molar-refractivity contribution in [2.45, 2.75) is 26.3 Å². The van der Waals surface area contributed by atoms with Crippen LogP contribution in [0.25, 0.3) is 10.6 Å². The fourth-order valence-electron chi connectivity index (χ4n) is 2.58. The van der Waals surface area contributed by atoms with E-state index < -0.39 is 17.4 Å². The maximum absolute atomic E-state index is 12.7. The number of methoxy groups -OCH3 is 1. The lowest BCUT2D eigenvalue weighted by Crippen LogP contribution is -2.52. The molecule has 0 saturated heterocycles. The molecule has 0 unspecified atom stereocenters. The molecular weight excluding hydrogens is 388 g/mol. The van der Waals surface area contributed by atoms with Crippen LogP contribution in [0.1, 0.15) is 29.8 Å². The number of hydrogen-bond donors (Lipinski definition) is 2. The Morgan fingerprint density at radius 3 is 2.41 bits per heavy atom. The van der Waals surface area contributed by atoms with E-state index in [1.54, 1.807) is 38.1 Å². The third kappa shape index (κ3) is 4.78. The first kappa shape index (κ1) is 20.5. The summed E-state index contributed by atoms with van der Waals surface area (Å²) in [4.78, 5) is 25.3. The molecule has 3 rings (SSSR count). The Kier molecular flexibility index (Phi) is 5.93. The fraction of sp³-hybridized carbons (Fsp3) is 0.238. The zero-order valence-electron chi connectivity index (χ0n) is 16.6. The van der Waals surface area contributed by atoms with Crippen LogP contribution in [0, 0.1) is 6.92 Å². The molecular formula is C21H22N4O3S. The third-order valence-electron chi connectivity index (χ3n) is 4.29. The van der Waals surface area contributed by atoms with Gasteiger partial charge in [-0.2, -0.15) is 0 Å². The smallest absolute Gasteiger partial charge is 0.255 e. The minimum absolute atomic E-state index is 0.355. The van der Waals surface area contributed by atoms with Gasteiger partial charge < -0.3 is 10.1 Å². The molecule has 0 radical (unpaired) electrons. The summed E-state index contributed by atoms with van der Waals surface area (Å²) in [6.07, 6.45) is 0. The highest BCUT2D eigenvalue weighted by Crippen LogP contribution is 2.27. The zero-order valence-corrected chi connectivity index (χ0v) is 17.5. The molecule has 0 bridgehead atoms. The number of rotatable bonds is 6. The van der Waals surface area contributed by atoms with E-state index in [9.17, 15) is 9.59 Å². The normalized spacial score (nSPS) is 11.0. The van der Waals surface area contributed by atoms with Crippen LogP contribution in [0.5, 0.6) is 5.75 Å². The molecule has 7 nitrogen and oxygen atoms in total. The highest BCUT2D eigenvalue weighted by atomic mass is 32.1. The predicted octanol–water partition coefficient (Wildman–Crippen LogP) is 3.67. The number of anilines is 1. The first-order valence-corrected chi connectivity index (χ1v) is 9.79. The van der Waals surface area contributed by atoms with Crippen LogP contribution in [-0.4, -0.2) is 34.7 Å². The monoisotopic (exact) mass is 410 g/mol.